The van der Waals surface area contributed by atoms with Crippen LogP contribution >= 0.6 is 11.8 Å². The third-order valence-electron chi connectivity index (χ3n) is 14.1. The second-order valence-corrected chi connectivity index (χ2v) is 18.8. The molecule has 0 fully saturated rings. The Hall–Kier alpha value is -8.25. The summed E-state index contributed by atoms with van der Waals surface area (Å²) in [5, 5.41) is 10.1. The number of rotatable bonds is 6. The highest BCUT2D eigenvalue weighted by molar-refractivity contribution is 7.99. The number of hydrogen-bond donors (Lipinski definition) is 0. The van der Waals surface area contributed by atoms with Gasteiger partial charge in [-0.1, -0.05) is 127 Å². The van der Waals surface area contributed by atoms with E-state index in [1.54, 1.807) is 0 Å². The van der Waals surface area contributed by atoms with Gasteiger partial charge in [0.1, 0.15) is 0 Å². The Balaban J connectivity index is 0.928. The molecular formula is C62H42N4S. The molecule has 316 valence electrons. The van der Waals surface area contributed by atoms with Crippen LogP contribution < -0.4 is 0 Å². The first-order valence-electron chi connectivity index (χ1n) is 23.0. The van der Waals surface area contributed by atoms with E-state index in [1.165, 1.54) is 120 Å². The zero-order chi connectivity index (χ0) is 44.3. The molecular weight excluding hydrogens is 833 g/mol. The topological polar surface area (TPSA) is 19.7 Å². The molecule has 4 nitrogen and oxygen atoms in total. The van der Waals surface area contributed by atoms with Crippen molar-refractivity contribution in [2.24, 2.45) is 0 Å². The fraction of sp³-hybridized carbons (Fsp3) is 0.0323. The maximum Gasteiger partial charge on any atom is 0.0552 e. The molecule has 14 rings (SSSR count). The predicted molar refractivity (Wildman–Crippen MR) is 284 cm³/mol. The second-order valence-electron chi connectivity index (χ2n) is 17.8. The van der Waals surface area contributed by atoms with Gasteiger partial charge >= 0.3 is 0 Å². The van der Waals surface area contributed by atoms with Crippen LogP contribution in [0.2, 0.25) is 0 Å². The van der Waals surface area contributed by atoms with Crippen molar-refractivity contribution < 1.29 is 0 Å². The minimum atomic E-state index is 1.16. The van der Waals surface area contributed by atoms with Crippen molar-refractivity contribution >= 4 is 99.0 Å². The molecule has 5 heteroatoms. The Morgan fingerprint density at radius 2 is 0.657 bits per heavy atom. The first kappa shape index (κ1) is 38.1. The lowest BCUT2D eigenvalue weighted by Crippen LogP contribution is -1.96. The quantitative estimate of drug-likeness (QED) is 0.163. The molecule has 4 heterocycles. The fourth-order valence-corrected chi connectivity index (χ4v) is 12.3. The average Bonchev–Trinajstić information content (AvgIpc) is 4.11. The largest absolute Gasteiger partial charge is 0.309 e. The third-order valence-corrected chi connectivity index (χ3v) is 15.5. The molecule has 0 radical (unpaired) electrons. The van der Waals surface area contributed by atoms with Crippen LogP contribution in [-0.2, 0) is 0 Å². The Labute approximate surface area is 391 Å². The molecule has 67 heavy (non-hydrogen) atoms. The SMILES string of the molecule is Cc1ccc2c(c1Sc1ccc3c(c1C)c1ccccc1n3-c1ccc3c(c1)c1ccccc1n3-c1ccccc1)c1ccccc1n2-c1ccc2c(c1)c1ccccc1n2-c1ccccc1. The Kier molecular flexibility index (Phi) is 8.31. The minimum Gasteiger partial charge on any atom is -0.309 e. The van der Waals surface area contributed by atoms with Gasteiger partial charge in [-0.25, -0.2) is 0 Å². The van der Waals surface area contributed by atoms with E-state index in [0.29, 0.717) is 0 Å². The van der Waals surface area contributed by atoms with E-state index < -0.39 is 0 Å². The van der Waals surface area contributed by atoms with E-state index in [0.717, 1.165) is 11.4 Å². The molecule has 0 amide bonds. The van der Waals surface area contributed by atoms with E-state index >= 15 is 0 Å². The highest BCUT2D eigenvalue weighted by Crippen LogP contribution is 2.46. The van der Waals surface area contributed by atoms with Crippen LogP contribution in [0.3, 0.4) is 0 Å². The van der Waals surface area contributed by atoms with Gasteiger partial charge in [0.2, 0.25) is 0 Å². The molecule has 0 aliphatic rings. The molecule has 0 aliphatic heterocycles. The van der Waals surface area contributed by atoms with Gasteiger partial charge in [-0.05, 0) is 128 Å². The number of benzene rings is 10. The first-order chi connectivity index (χ1) is 33.1. The average molecular weight is 875 g/mol. The lowest BCUT2D eigenvalue weighted by atomic mass is 10.1. The van der Waals surface area contributed by atoms with E-state index in [2.05, 4.69) is 251 Å². The monoisotopic (exact) mass is 874 g/mol. The molecule has 0 atom stereocenters. The van der Waals surface area contributed by atoms with Gasteiger partial charge in [-0.15, -0.1) is 0 Å². The number of nitrogens with zero attached hydrogens (tertiary/aromatic N) is 4. The summed E-state index contributed by atoms with van der Waals surface area (Å²) < 4.78 is 9.71. The van der Waals surface area contributed by atoms with Crippen LogP contribution in [0.1, 0.15) is 11.1 Å². The molecule has 0 saturated carbocycles. The van der Waals surface area contributed by atoms with E-state index in [4.69, 9.17) is 0 Å². The Bertz CT molecular complexity index is 4320. The van der Waals surface area contributed by atoms with Gasteiger partial charge in [-0.3, -0.25) is 0 Å². The third kappa shape index (κ3) is 5.56. The van der Waals surface area contributed by atoms with Gasteiger partial charge in [0.25, 0.3) is 0 Å². The number of hydrogen-bond acceptors (Lipinski definition) is 1. The molecule has 10 aromatic carbocycles. The highest BCUT2D eigenvalue weighted by atomic mass is 32.2. The first-order valence-corrected chi connectivity index (χ1v) is 23.8. The Morgan fingerprint density at radius 3 is 1.18 bits per heavy atom. The fourth-order valence-electron chi connectivity index (χ4n) is 11.2. The number of para-hydroxylation sites is 6. The predicted octanol–water partition coefficient (Wildman–Crippen LogP) is 16.8. The lowest BCUT2D eigenvalue weighted by Gasteiger charge is -2.14. The summed E-state index contributed by atoms with van der Waals surface area (Å²) in [6.45, 7) is 4.58. The summed E-state index contributed by atoms with van der Waals surface area (Å²) in [7, 11) is 0. The summed E-state index contributed by atoms with van der Waals surface area (Å²) >= 11 is 1.90. The van der Waals surface area contributed by atoms with Gasteiger partial charge in [0, 0.05) is 75.6 Å². The van der Waals surface area contributed by atoms with Crippen molar-refractivity contribution in [3.63, 3.8) is 0 Å². The van der Waals surface area contributed by atoms with Crippen LogP contribution in [0.25, 0.3) is 110 Å². The number of aryl methyl sites for hydroxylation is 2. The lowest BCUT2D eigenvalue weighted by molar-refractivity contribution is 1.16. The van der Waals surface area contributed by atoms with Crippen molar-refractivity contribution in [1.29, 1.82) is 0 Å². The van der Waals surface area contributed by atoms with Crippen molar-refractivity contribution in [3.8, 4) is 22.7 Å². The minimum absolute atomic E-state index is 1.16. The molecule has 0 aliphatic carbocycles. The molecule has 0 bridgehead atoms. The van der Waals surface area contributed by atoms with Gasteiger partial charge < -0.3 is 18.3 Å². The van der Waals surface area contributed by atoms with Crippen LogP contribution in [-0.4, -0.2) is 18.3 Å². The summed E-state index contributed by atoms with van der Waals surface area (Å²) in [6, 6.07) is 80.1. The van der Waals surface area contributed by atoms with Crippen molar-refractivity contribution in [2.75, 3.05) is 0 Å². The van der Waals surface area contributed by atoms with E-state index in [1.807, 2.05) is 11.8 Å². The van der Waals surface area contributed by atoms with Gasteiger partial charge in [0.15, 0.2) is 0 Å². The van der Waals surface area contributed by atoms with Crippen LogP contribution in [0, 0.1) is 13.8 Å². The van der Waals surface area contributed by atoms with E-state index in [9.17, 15) is 0 Å². The second kappa shape index (κ2) is 14.6. The smallest absolute Gasteiger partial charge is 0.0552 e. The zero-order valence-electron chi connectivity index (χ0n) is 37.0. The van der Waals surface area contributed by atoms with Crippen LogP contribution in [0.5, 0.6) is 0 Å². The molecule has 0 saturated heterocycles. The summed E-state index contributed by atoms with van der Waals surface area (Å²) in [5.41, 5.74) is 16.9. The summed E-state index contributed by atoms with van der Waals surface area (Å²) in [4.78, 5) is 2.56. The summed E-state index contributed by atoms with van der Waals surface area (Å²) in [6.07, 6.45) is 0. The summed E-state index contributed by atoms with van der Waals surface area (Å²) in [5.74, 6) is 0. The maximum absolute atomic E-state index is 2.47. The number of fused-ring (bicyclic) bond motifs is 12. The molecule has 0 N–H and O–H groups in total. The molecule has 0 spiro atoms. The zero-order valence-corrected chi connectivity index (χ0v) is 37.8. The van der Waals surface area contributed by atoms with Crippen molar-refractivity contribution in [3.05, 3.63) is 230 Å². The number of aromatic nitrogens is 4. The van der Waals surface area contributed by atoms with Crippen molar-refractivity contribution in [2.45, 2.75) is 23.6 Å². The molecule has 0 unspecified atom stereocenters. The molecule has 14 aromatic rings. The van der Waals surface area contributed by atoms with Crippen molar-refractivity contribution in [1.82, 2.24) is 18.3 Å². The van der Waals surface area contributed by atoms with Crippen LogP contribution in [0.4, 0.5) is 0 Å². The van der Waals surface area contributed by atoms with Gasteiger partial charge in [-0.2, -0.15) is 0 Å². The molecule has 4 aromatic heterocycles. The Morgan fingerprint density at radius 1 is 0.284 bits per heavy atom. The normalized spacial score (nSPS) is 12.1. The van der Waals surface area contributed by atoms with E-state index in [-0.39, 0.29) is 0 Å². The van der Waals surface area contributed by atoms with Gasteiger partial charge in [0.05, 0.1) is 44.1 Å². The van der Waals surface area contributed by atoms with Crippen LogP contribution in [0.15, 0.2) is 228 Å². The maximum atomic E-state index is 2.47. The standard InChI is InChI=1S/C62H42N4S/c1-39-29-32-58-61(48-24-12-16-28-54(48)66(58)44-31-34-56-50(38-44)46-22-10-14-26-52(46)64(56)42-19-7-4-8-20-42)62(39)67-59-36-35-57-60(40(59)2)47-23-11-15-27-53(47)65(57)43-30-33-55-49(37-43)45-21-9-13-25-51(45)63(55)41-17-5-3-6-18-41/h3-38H,1-2H3. The highest BCUT2D eigenvalue weighted by Gasteiger charge is 2.23.